The number of carbonyl (C=O) groups excluding carboxylic acids is 2. The van der Waals surface area contributed by atoms with Gasteiger partial charge in [-0.3, -0.25) is 9.59 Å². The van der Waals surface area contributed by atoms with Crippen LogP contribution < -0.4 is 5.32 Å². The van der Waals surface area contributed by atoms with Crippen molar-refractivity contribution >= 4 is 45.2 Å². The zero-order valence-electron chi connectivity index (χ0n) is 13.1. The van der Waals surface area contributed by atoms with Crippen molar-refractivity contribution < 1.29 is 9.59 Å². The van der Waals surface area contributed by atoms with Gasteiger partial charge in [0.05, 0.1) is 17.5 Å². The van der Waals surface area contributed by atoms with Gasteiger partial charge >= 0.3 is 0 Å². The Bertz CT molecular complexity index is 831. The van der Waals surface area contributed by atoms with Crippen LogP contribution in [0.4, 0.5) is 5.69 Å². The number of nitriles is 1. The standard InChI is InChI=1S/C18H14BrN3O2S/c19-14-5-3-13(4-6-14)18(24)22-11-25-10-16(22)17(23)21-15-7-1-12(9-20)2-8-15/h1-8,16H,10-11H2,(H,21,23). The van der Waals surface area contributed by atoms with E-state index < -0.39 is 6.04 Å². The summed E-state index contributed by atoms with van der Waals surface area (Å²) in [5.41, 5.74) is 1.69. The Kier molecular flexibility index (Phi) is 5.41. The number of thioether (sulfide) groups is 1. The summed E-state index contributed by atoms with van der Waals surface area (Å²) in [6, 6.07) is 15.3. The van der Waals surface area contributed by atoms with Gasteiger partial charge in [0.25, 0.3) is 5.91 Å². The van der Waals surface area contributed by atoms with Gasteiger partial charge in [-0.05, 0) is 48.5 Å². The Hall–Kier alpha value is -2.30. The number of rotatable bonds is 3. The van der Waals surface area contributed by atoms with Gasteiger partial charge in [0.2, 0.25) is 5.91 Å². The molecule has 0 aliphatic carbocycles. The maximum Gasteiger partial charge on any atom is 0.255 e. The van der Waals surface area contributed by atoms with E-state index in [4.69, 9.17) is 5.26 Å². The van der Waals surface area contributed by atoms with Gasteiger partial charge in [0, 0.05) is 21.5 Å². The minimum Gasteiger partial charge on any atom is -0.324 e. The van der Waals surface area contributed by atoms with Crippen LogP contribution in [-0.4, -0.2) is 34.4 Å². The van der Waals surface area contributed by atoms with E-state index >= 15 is 0 Å². The van der Waals surface area contributed by atoms with E-state index in [-0.39, 0.29) is 11.8 Å². The van der Waals surface area contributed by atoms with Gasteiger partial charge in [-0.1, -0.05) is 15.9 Å². The van der Waals surface area contributed by atoms with Crippen LogP contribution >= 0.6 is 27.7 Å². The fourth-order valence-electron chi connectivity index (χ4n) is 2.47. The first-order valence-corrected chi connectivity index (χ1v) is 9.48. The van der Waals surface area contributed by atoms with Gasteiger partial charge in [-0.2, -0.15) is 5.26 Å². The zero-order valence-corrected chi connectivity index (χ0v) is 15.5. The minimum atomic E-state index is -0.517. The van der Waals surface area contributed by atoms with E-state index in [1.54, 1.807) is 53.1 Å². The molecule has 3 rings (SSSR count). The predicted octanol–water partition coefficient (Wildman–Crippen LogP) is 3.47. The Balaban J connectivity index is 1.71. The Morgan fingerprint density at radius 3 is 2.48 bits per heavy atom. The summed E-state index contributed by atoms with van der Waals surface area (Å²) >= 11 is 4.90. The summed E-state index contributed by atoms with van der Waals surface area (Å²) in [7, 11) is 0. The molecule has 1 saturated heterocycles. The summed E-state index contributed by atoms with van der Waals surface area (Å²) in [6.07, 6.45) is 0. The highest BCUT2D eigenvalue weighted by Crippen LogP contribution is 2.25. The van der Waals surface area contributed by atoms with Crippen molar-refractivity contribution in [3.05, 3.63) is 64.1 Å². The maximum atomic E-state index is 12.7. The van der Waals surface area contributed by atoms with E-state index in [1.807, 2.05) is 18.2 Å². The van der Waals surface area contributed by atoms with Crippen LogP contribution in [0.25, 0.3) is 0 Å². The van der Waals surface area contributed by atoms with Gasteiger partial charge < -0.3 is 10.2 Å². The van der Waals surface area contributed by atoms with Crippen molar-refractivity contribution in [2.45, 2.75) is 6.04 Å². The molecule has 1 fully saturated rings. The molecule has 1 heterocycles. The summed E-state index contributed by atoms with van der Waals surface area (Å²) in [5.74, 6) is 0.669. The van der Waals surface area contributed by atoms with E-state index in [1.165, 1.54) is 0 Å². The van der Waals surface area contributed by atoms with Crippen LogP contribution in [0.15, 0.2) is 53.0 Å². The number of hydrogen-bond donors (Lipinski definition) is 1. The third-order valence-electron chi connectivity index (χ3n) is 3.82. The molecule has 2 aromatic carbocycles. The van der Waals surface area contributed by atoms with Crippen molar-refractivity contribution in [3.63, 3.8) is 0 Å². The van der Waals surface area contributed by atoms with Gasteiger partial charge in [0.15, 0.2) is 0 Å². The SMILES string of the molecule is N#Cc1ccc(NC(=O)C2CSCN2C(=O)c2ccc(Br)cc2)cc1. The fraction of sp³-hybridized carbons (Fsp3) is 0.167. The number of hydrogen-bond acceptors (Lipinski definition) is 4. The van der Waals surface area contributed by atoms with Gasteiger partial charge in [-0.15, -0.1) is 11.8 Å². The third-order valence-corrected chi connectivity index (χ3v) is 5.36. The second-order valence-corrected chi connectivity index (χ2v) is 7.39. The molecule has 1 atom stereocenters. The van der Waals surface area contributed by atoms with Crippen molar-refractivity contribution in [1.82, 2.24) is 4.90 Å². The molecule has 2 aromatic rings. The summed E-state index contributed by atoms with van der Waals surface area (Å²) in [4.78, 5) is 26.9. The number of nitrogens with one attached hydrogen (secondary N) is 1. The number of nitrogens with zero attached hydrogens (tertiary/aromatic N) is 2. The van der Waals surface area contributed by atoms with Crippen LogP contribution in [0.3, 0.4) is 0 Å². The Morgan fingerprint density at radius 2 is 1.84 bits per heavy atom. The lowest BCUT2D eigenvalue weighted by Crippen LogP contribution is -2.44. The first-order chi connectivity index (χ1) is 12.1. The summed E-state index contributed by atoms with van der Waals surface area (Å²) in [6.45, 7) is 0. The van der Waals surface area contributed by atoms with Crippen molar-refractivity contribution in [2.24, 2.45) is 0 Å². The molecule has 7 heteroatoms. The minimum absolute atomic E-state index is 0.155. The number of benzene rings is 2. The lowest BCUT2D eigenvalue weighted by molar-refractivity contribution is -0.119. The molecule has 2 amide bonds. The van der Waals surface area contributed by atoms with Crippen LogP contribution in [0.1, 0.15) is 15.9 Å². The first-order valence-electron chi connectivity index (χ1n) is 7.54. The smallest absolute Gasteiger partial charge is 0.255 e. The van der Waals surface area contributed by atoms with Crippen molar-refractivity contribution in [2.75, 3.05) is 16.9 Å². The highest BCUT2D eigenvalue weighted by Gasteiger charge is 2.35. The molecule has 126 valence electrons. The fourth-order valence-corrected chi connectivity index (χ4v) is 3.89. The average Bonchev–Trinajstić information content (AvgIpc) is 3.12. The molecule has 25 heavy (non-hydrogen) atoms. The maximum absolute atomic E-state index is 12.7. The molecule has 0 saturated carbocycles. The van der Waals surface area contributed by atoms with E-state index in [2.05, 4.69) is 21.2 Å². The number of halogens is 1. The van der Waals surface area contributed by atoms with Crippen LogP contribution in [0, 0.1) is 11.3 Å². The molecule has 1 N–H and O–H groups in total. The Morgan fingerprint density at radius 1 is 1.16 bits per heavy atom. The van der Waals surface area contributed by atoms with Crippen molar-refractivity contribution in [1.29, 1.82) is 5.26 Å². The molecule has 0 spiro atoms. The topological polar surface area (TPSA) is 73.2 Å². The largest absolute Gasteiger partial charge is 0.324 e. The average molecular weight is 416 g/mol. The highest BCUT2D eigenvalue weighted by molar-refractivity contribution is 9.10. The molecule has 5 nitrogen and oxygen atoms in total. The second-order valence-electron chi connectivity index (χ2n) is 5.48. The van der Waals surface area contributed by atoms with Gasteiger partial charge in [-0.25, -0.2) is 0 Å². The van der Waals surface area contributed by atoms with Gasteiger partial charge in [0.1, 0.15) is 6.04 Å². The molecule has 1 unspecified atom stereocenters. The highest BCUT2D eigenvalue weighted by atomic mass is 79.9. The molecule has 1 aliphatic rings. The number of anilines is 1. The molecule has 0 bridgehead atoms. The Labute approximate surface area is 158 Å². The molecule has 1 aliphatic heterocycles. The predicted molar refractivity (Wildman–Crippen MR) is 101 cm³/mol. The monoisotopic (exact) mass is 415 g/mol. The van der Waals surface area contributed by atoms with E-state index in [9.17, 15) is 9.59 Å². The number of amides is 2. The number of carbonyl (C=O) groups is 2. The quantitative estimate of drug-likeness (QED) is 0.832. The molecular formula is C18H14BrN3O2S. The lowest BCUT2D eigenvalue weighted by atomic mass is 10.1. The van der Waals surface area contributed by atoms with Crippen molar-refractivity contribution in [3.8, 4) is 6.07 Å². The summed E-state index contributed by atoms with van der Waals surface area (Å²) in [5, 5.41) is 11.6. The van der Waals surface area contributed by atoms with E-state index in [0.29, 0.717) is 28.4 Å². The summed E-state index contributed by atoms with van der Waals surface area (Å²) < 4.78 is 0.898. The normalized spacial score (nSPS) is 16.3. The van der Waals surface area contributed by atoms with Crippen LogP contribution in [0.5, 0.6) is 0 Å². The second kappa shape index (κ2) is 7.72. The first kappa shape index (κ1) is 17.5. The van der Waals surface area contributed by atoms with Crippen LogP contribution in [-0.2, 0) is 4.79 Å². The molecule has 0 radical (unpaired) electrons. The zero-order chi connectivity index (χ0) is 17.8. The lowest BCUT2D eigenvalue weighted by Gasteiger charge is -2.23. The third kappa shape index (κ3) is 4.03. The molecular weight excluding hydrogens is 402 g/mol. The molecule has 0 aromatic heterocycles. The van der Waals surface area contributed by atoms with Crippen LogP contribution in [0.2, 0.25) is 0 Å². The van der Waals surface area contributed by atoms with E-state index in [0.717, 1.165) is 4.47 Å².